The lowest BCUT2D eigenvalue weighted by Gasteiger charge is -2.27. The quantitative estimate of drug-likeness (QED) is 0.339. The van der Waals surface area contributed by atoms with Gasteiger partial charge in [0, 0.05) is 5.02 Å². The highest BCUT2D eigenvalue weighted by Gasteiger charge is 2.37. The van der Waals surface area contributed by atoms with Gasteiger partial charge in [-0.15, -0.1) is 0 Å². The summed E-state index contributed by atoms with van der Waals surface area (Å²) < 4.78 is 24.6. The number of ether oxygens (including phenoxy) is 2. The molecule has 0 saturated carbocycles. The number of methoxy groups -OCH3 is 1. The van der Waals surface area contributed by atoms with E-state index in [2.05, 4.69) is 10.6 Å². The molecule has 0 aromatic heterocycles. The largest absolute Gasteiger partial charge is 0.493 e. The molecule has 0 spiro atoms. The zero-order valence-electron chi connectivity index (χ0n) is 20.2. The molecule has 0 bridgehead atoms. The van der Waals surface area contributed by atoms with Crippen LogP contribution in [0.4, 0.5) is 20.6 Å². The van der Waals surface area contributed by atoms with Gasteiger partial charge in [-0.05, 0) is 60.5 Å². The average Bonchev–Trinajstić information content (AvgIpc) is 2.88. The Morgan fingerprint density at radius 3 is 2.58 bits per heavy atom. The van der Waals surface area contributed by atoms with Crippen LogP contribution in [0.3, 0.4) is 0 Å². The molecule has 2 N–H and O–H groups in total. The number of para-hydroxylation sites is 1. The van der Waals surface area contributed by atoms with Crippen LogP contribution in [0.1, 0.15) is 11.1 Å². The first-order valence-electron chi connectivity index (χ1n) is 11.2. The van der Waals surface area contributed by atoms with Crippen molar-refractivity contribution in [2.75, 3.05) is 23.9 Å². The number of carbonyl (C=O) groups excluding carboxylic acids is 4. The van der Waals surface area contributed by atoms with Crippen molar-refractivity contribution in [1.29, 1.82) is 0 Å². The monoisotopic (exact) mass is 537 g/mol. The summed E-state index contributed by atoms with van der Waals surface area (Å²) in [7, 11) is 1.37. The highest BCUT2D eigenvalue weighted by atomic mass is 35.5. The molecule has 0 radical (unpaired) electrons. The molecule has 3 aromatic carbocycles. The van der Waals surface area contributed by atoms with E-state index in [-0.39, 0.29) is 28.4 Å². The molecular formula is C27H21ClFN3O6. The predicted octanol–water partition coefficient (Wildman–Crippen LogP) is 4.48. The molecule has 38 heavy (non-hydrogen) atoms. The SMILES string of the molecule is COc1cc(/C=C2\C(=O)NC(=O)N(c3cc(Cl)ccc3C)C2=O)ccc1OCC(=O)Nc1ccccc1F. The summed E-state index contributed by atoms with van der Waals surface area (Å²) in [4.78, 5) is 51.2. The Labute approximate surface area is 221 Å². The Hall–Kier alpha value is -4.70. The number of halogens is 2. The van der Waals surface area contributed by atoms with Crippen molar-refractivity contribution in [3.63, 3.8) is 0 Å². The Kier molecular flexibility index (Phi) is 7.73. The van der Waals surface area contributed by atoms with E-state index in [1.165, 1.54) is 55.7 Å². The summed E-state index contributed by atoms with van der Waals surface area (Å²) in [6.07, 6.45) is 1.30. The van der Waals surface area contributed by atoms with Crippen LogP contribution in [0.25, 0.3) is 6.08 Å². The lowest BCUT2D eigenvalue weighted by molar-refractivity contribution is -0.122. The minimum absolute atomic E-state index is 0.0194. The van der Waals surface area contributed by atoms with Crippen LogP contribution in [-0.2, 0) is 14.4 Å². The number of barbiturate groups is 1. The van der Waals surface area contributed by atoms with E-state index in [9.17, 15) is 23.6 Å². The number of amides is 5. The second-order valence-corrected chi connectivity index (χ2v) is 8.55. The van der Waals surface area contributed by atoms with E-state index >= 15 is 0 Å². The Morgan fingerprint density at radius 1 is 1.08 bits per heavy atom. The van der Waals surface area contributed by atoms with Gasteiger partial charge in [0.05, 0.1) is 18.5 Å². The normalized spacial score (nSPS) is 14.4. The number of imide groups is 2. The number of carbonyl (C=O) groups is 4. The van der Waals surface area contributed by atoms with Crippen molar-refractivity contribution in [3.8, 4) is 11.5 Å². The Balaban J connectivity index is 1.54. The van der Waals surface area contributed by atoms with Gasteiger partial charge in [-0.3, -0.25) is 19.7 Å². The van der Waals surface area contributed by atoms with Gasteiger partial charge in [0.1, 0.15) is 11.4 Å². The van der Waals surface area contributed by atoms with Crippen LogP contribution in [0, 0.1) is 12.7 Å². The van der Waals surface area contributed by atoms with Crippen LogP contribution in [0.5, 0.6) is 11.5 Å². The number of benzene rings is 3. The fourth-order valence-corrected chi connectivity index (χ4v) is 3.82. The lowest BCUT2D eigenvalue weighted by atomic mass is 10.1. The molecule has 3 aromatic rings. The molecule has 0 atom stereocenters. The van der Waals surface area contributed by atoms with Crippen molar-refractivity contribution >= 4 is 52.8 Å². The van der Waals surface area contributed by atoms with E-state index in [4.69, 9.17) is 21.1 Å². The maximum absolute atomic E-state index is 13.7. The third-order valence-electron chi connectivity index (χ3n) is 5.52. The highest BCUT2D eigenvalue weighted by molar-refractivity contribution is 6.39. The van der Waals surface area contributed by atoms with Gasteiger partial charge in [0.25, 0.3) is 17.7 Å². The first-order chi connectivity index (χ1) is 18.2. The number of nitrogens with zero attached hydrogens (tertiary/aromatic N) is 1. The lowest BCUT2D eigenvalue weighted by Crippen LogP contribution is -2.54. The fraction of sp³-hybridized carbons (Fsp3) is 0.111. The topological polar surface area (TPSA) is 114 Å². The maximum Gasteiger partial charge on any atom is 0.335 e. The van der Waals surface area contributed by atoms with Gasteiger partial charge in [0.2, 0.25) is 0 Å². The van der Waals surface area contributed by atoms with Gasteiger partial charge in [0.15, 0.2) is 18.1 Å². The van der Waals surface area contributed by atoms with Crippen molar-refractivity contribution in [1.82, 2.24) is 5.32 Å². The maximum atomic E-state index is 13.7. The standard InChI is InChI=1S/C27H21ClFN3O6/c1-15-7-9-17(28)13-21(15)32-26(35)18(25(34)31-27(32)36)11-16-8-10-22(23(12-16)37-2)38-14-24(33)30-20-6-4-3-5-19(20)29/h3-13H,14H2,1-2H3,(H,30,33)(H,31,34,36)/b18-11+. The first kappa shape index (κ1) is 26.4. The molecule has 1 aliphatic heterocycles. The number of aryl methyl sites for hydroxylation is 1. The first-order valence-corrected chi connectivity index (χ1v) is 11.6. The number of anilines is 2. The molecule has 0 aliphatic carbocycles. The van der Waals surface area contributed by atoms with Gasteiger partial charge >= 0.3 is 6.03 Å². The molecule has 1 fully saturated rings. The number of hydrogen-bond donors (Lipinski definition) is 2. The van der Waals surface area contributed by atoms with Crippen LogP contribution >= 0.6 is 11.6 Å². The molecule has 1 aliphatic rings. The van der Waals surface area contributed by atoms with E-state index in [0.717, 1.165) is 4.90 Å². The van der Waals surface area contributed by atoms with Crippen LogP contribution < -0.4 is 25.0 Å². The second kappa shape index (κ2) is 11.1. The minimum atomic E-state index is -0.891. The molecule has 4 rings (SSSR count). The van der Waals surface area contributed by atoms with E-state index in [0.29, 0.717) is 16.1 Å². The van der Waals surface area contributed by atoms with Gasteiger partial charge < -0.3 is 14.8 Å². The van der Waals surface area contributed by atoms with Crippen LogP contribution in [0.2, 0.25) is 5.02 Å². The highest BCUT2D eigenvalue weighted by Crippen LogP contribution is 2.31. The molecule has 0 unspecified atom stereocenters. The number of urea groups is 1. The van der Waals surface area contributed by atoms with Gasteiger partial charge in [-0.25, -0.2) is 14.1 Å². The predicted molar refractivity (Wildman–Crippen MR) is 139 cm³/mol. The summed E-state index contributed by atoms with van der Waals surface area (Å²) in [5.41, 5.74) is 0.970. The van der Waals surface area contributed by atoms with Crippen molar-refractivity contribution in [3.05, 3.63) is 88.2 Å². The smallest absolute Gasteiger partial charge is 0.335 e. The zero-order chi connectivity index (χ0) is 27.4. The Morgan fingerprint density at radius 2 is 1.84 bits per heavy atom. The summed E-state index contributed by atoms with van der Waals surface area (Å²) in [5.74, 6) is -2.45. The Bertz CT molecular complexity index is 1490. The average molecular weight is 538 g/mol. The third kappa shape index (κ3) is 5.65. The summed E-state index contributed by atoms with van der Waals surface area (Å²) in [6.45, 7) is 1.27. The molecule has 1 heterocycles. The van der Waals surface area contributed by atoms with Crippen LogP contribution in [0.15, 0.2) is 66.2 Å². The van der Waals surface area contributed by atoms with Crippen molar-refractivity contribution < 1.29 is 33.0 Å². The van der Waals surface area contributed by atoms with Crippen LogP contribution in [-0.4, -0.2) is 37.5 Å². The van der Waals surface area contributed by atoms with Crippen molar-refractivity contribution in [2.24, 2.45) is 0 Å². The number of rotatable bonds is 7. The van der Waals surface area contributed by atoms with Crippen molar-refractivity contribution in [2.45, 2.75) is 6.92 Å². The third-order valence-corrected chi connectivity index (χ3v) is 5.75. The molecular weight excluding hydrogens is 517 g/mol. The number of nitrogens with one attached hydrogen (secondary N) is 2. The minimum Gasteiger partial charge on any atom is -0.493 e. The van der Waals surface area contributed by atoms with E-state index in [1.807, 2.05) is 0 Å². The van der Waals surface area contributed by atoms with Gasteiger partial charge in [-0.1, -0.05) is 35.9 Å². The second-order valence-electron chi connectivity index (χ2n) is 8.12. The molecule has 1 saturated heterocycles. The number of hydrogen-bond acceptors (Lipinski definition) is 6. The molecule has 9 nitrogen and oxygen atoms in total. The summed E-state index contributed by atoms with van der Waals surface area (Å²) in [6, 6.07) is 14.1. The summed E-state index contributed by atoms with van der Waals surface area (Å²) in [5, 5.41) is 4.89. The van der Waals surface area contributed by atoms with E-state index in [1.54, 1.807) is 25.1 Å². The zero-order valence-corrected chi connectivity index (χ0v) is 21.0. The van der Waals surface area contributed by atoms with E-state index < -0.39 is 36.2 Å². The van der Waals surface area contributed by atoms with Gasteiger partial charge in [-0.2, -0.15) is 0 Å². The molecule has 194 valence electrons. The molecule has 5 amide bonds. The summed E-state index contributed by atoms with van der Waals surface area (Å²) >= 11 is 6.05. The molecule has 11 heteroatoms. The fourth-order valence-electron chi connectivity index (χ4n) is 3.65.